The van der Waals surface area contributed by atoms with Crippen LogP contribution in [0.1, 0.15) is 31.2 Å². The fourth-order valence-corrected chi connectivity index (χ4v) is 9.42. The molecule has 0 bridgehead atoms. The third-order valence-corrected chi connectivity index (χ3v) is 12.0. The Hall–Kier alpha value is -4.94. The molecule has 3 aromatic carbocycles. The molecule has 52 heavy (non-hydrogen) atoms. The summed E-state index contributed by atoms with van der Waals surface area (Å²) in [6.07, 6.45) is 2.21. The number of anilines is 3. The molecule has 0 spiro atoms. The molecule has 3 aromatic rings. The number of fused-ring (bicyclic) bond motifs is 4. The summed E-state index contributed by atoms with van der Waals surface area (Å²) in [7, 11) is 2.88. The molecule has 1 saturated carbocycles. The average molecular weight is 730 g/mol. The highest BCUT2D eigenvalue weighted by molar-refractivity contribution is 6.32. The van der Waals surface area contributed by atoms with Gasteiger partial charge in [-0.05, 0) is 68.1 Å². The summed E-state index contributed by atoms with van der Waals surface area (Å²) >= 11 is 6.11. The lowest BCUT2D eigenvalue weighted by atomic mass is 9.51. The normalized spacial score (nSPS) is 28.4. The van der Waals surface area contributed by atoms with Gasteiger partial charge in [0, 0.05) is 42.4 Å². The molecular weight excluding hydrogens is 693 g/mol. The monoisotopic (exact) mass is 729 g/mol. The summed E-state index contributed by atoms with van der Waals surface area (Å²) in [4.78, 5) is 62.3. The number of phenols is 1. The average Bonchev–Trinajstić information content (AvgIpc) is 3.52. The Morgan fingerprint density at radius 1 is 0.865 bits per heavy atom. The van der Waals surface area contributed by atoms with Gasteiger partial charge in [-0.25, -0.2) is 9.29 Å². The number of amides is 4. The third-order valence-electron chi connectivity index (χ3n) is 11.8. The molecule has 2 aliphatic carbocycles. The van der Waals surface area contributed by atoms with Crippen LogP contribution in [0.4, 0.5) is 21.5 Å². The standard InChI is InChI=1S/C39H37ClFN3O8/c1-39-27(36(47)44(38(39)49)22-8-11-29(41)28(40)16-22)19-26-24(34(39)33-30(45)17-23(50-2)18-31(33)51-3)9-10-25-32(26)37(48)43(35(25)46)21-6-4-20(5-7-21)42-12-14-52-15-13-42/h4-9,11,16-18,25-27,32,34,45H,10,12-15,19H2,1-3H3. The van der Waals surface area contributed by atoms with E-state index in [0.29, 0.717) is 30.2 Å². The Balaban J connectivity index is 1.23. The van der Waals surface area contributed by atoms with Crippen LogP contribution in [0.2, 0.25) is 5.02 Å². The Morgan fingerprint density at radius 3 is 2.23 bits per heavy atom. The number of carbonyl (C=O) groups is 4. The number of halogens is 2. The number of aromatic hydroxyl groups is 1. The molecule has 4 amide bonds. The van der Waals surface area contributed by atoms with Crippen molar-refractivity contribution in [2.75, 3.05) is 55.2 Å². The number of morpholine rings is 1. The van der Waals surface area contributed by atoms with Gasteiger partial charge in [-0.1, -0.05) is 23.3 Å². The van der Waals surface area contributed by atoms with Crippen molar-refractivity contribution in [3.63, 3.8) is 0 Å². The highest BCUT2D eigenvalue weighted by Gasteiger charge is 2.68. The largest absolute Gasteiger partial charge is 0.507 e. The van der Waals surface area contributed by atoms with Crippen LogP contribution >= 0.6 is 11.6 Å². The first-order valence-corrected chi connectivity index (χ1v) is 17.7. The van der Waals surface area contributed by atoms with E-state index in [9.17, 15) is 28.7 Å². The molecule has 11 nitrogen and oxygen atoms in total. The number of phenolic OH excluding ortho intramolecular Hbond substituents is 1. The van der Waals surface area contributed by atoms with E-state index in [-0.39, 0.29) is 52.4 Å². The number of hydrogen-bond donors (Lipinski definition) is 1. The van der Waals surface area contributed by atoms with Crippen molar-refractivity contribution in [1.82, 2.24) is 0 Å². The van der Waals surface area contributed by atoms with Gasteiger partial charge in [0.05, 0.1) is 67.0 Å². The van der Waals surface area contributed by atoms with Crippen LogP contribution < -0.4 is 24.2 Å². The number of methoxy groups -OCH3 is 2. The fraction of sp³-hybridized carbons (Fsp3) is 0.385. The second-order valence-electron chi connectivity index (χ2n) is 14.1. The number of rotatable bonds is 6. The van der Waals surface area contributed by atoms with Crippen LogP contribution in [0.3, 0.4) is 0 Å². The molecule has 13 heteroatoms. The molecule has 8 rings (SSSR count). The Kier molecular flexibility index (Phi) is 8.30. The number of ether oxygens (including phenoxy) is 3. The summed E-state index contributed by atoms with van der Waals surface area (Å²) in [6.45, 7) is 4.41. The van der Waals surface area contributed by atoms with Crippen LogP contribution in [-0.2, 0) is 23.9 Å². The zero-order valence-corrected chi connectivity index (χ0v) is 29.6. The molecule has 1 N–H and O–H groups in total. The maximum atomic E-state index is 14.7. The summed E-state index contributed by atoms with van der Waals surface area (Å²) in [5, 5.41) is 11.4. The Morgan fingerprint density at radius 2 is 1.56 bits per heavy atom. The van der Waals surface area contributed by atoms with Gasteiger partial charge < -0.3 is 24.2 Å². The maximum absolute atomic E-state index is 14.7. The van der Waals surface area contributed by atoms with E-state index in [1.807, 2.05) is 18.2 Å². The summed E-state index contributed by atoms with van der Waals surface area (Å²) in [6, 6.07) is 14.0. The SMILES string of the molecule is COc1cc(O)c(C2C3=CCC4C(=O)N(c5ccc(N6CCOCC6)cc5)C(=O)C4C3CC3C(=O)N(c4ccc(F)c(Cl)c4)C(=O)C32C)c(OC)c1. The van der Waals surface area contributed by atoms with Crippen molar-refractivity contribution in [2.45, 2.75) is 25.7 Å². The van der Waals surface area contributed by atoms with E-state index in [2.05, 4.69) is 4.90 Å². The number of nitrogens with zero attached hydrogens (tertiary/aromatic N) is 3. The van der Waals surface area contributed by atoms with Crippen LogP contribution in [0.5, 0.6) is 17.2 Å². The first kappa shape index (κ1) is 34.2. The number of benzene rings is 3. The summed E-state index contributed by atoms with van der Waals surface area (Å²) < 4.78 is 30.9. The van der Waals surface area contributed by atoms with Gasteiger partial charge in [0.1, 0.15) is 23.1 Å². The van der Waals surface area contributed by atoms with Gasteiger partial charge in [0.15, 0.2) is 0 Å². The van der Waals surface area contributed by atoms with E-state index in [4.69, 9.17) is 25.8 Å². The van der Waals surface area contributed by atoms with Crippen molar-refractivity contribution < 1.29 is 42.9 Å². The van der Waals surface area contributed by atoms with Gasteiger partial charge >= 0.3 is 0 Å². The molecule has 6 atom stereocenters. The highest BCUT2D eigenvalue weighted by Crippen LogP contribution is 2.65. The molecule has 3 heterocycles. The minimum Gasteiger partial charge on any atom is -0.507 e. The molecular formula is C39H37ClFN3O8. The van der Waals surface area contributed by atoms with Crippen molar-refractivity contribution in [2.24, 2.45) is 29.1 Å². The second-order valence-corrected chi connectivity index (χ2v) is 14.6. The van der Waals surface area contributed by atoms with Gasteiger partial charge in [0.2, 0.25) is 23.6 Å². The fourth-order valence-electron chi connectivity index (χ4n) is 9.25. The molecule has 3 aliphatic heterocycles. The van der Waals surface area contributed by atoms with Crippen molar-refractivity contribution in [3.05, 3.63) is 82.6 Å². The van der Waals surface area contributed by atoms with Gasteiger partial charge in [0.25, 0.3) is 0 Å². The minimum absolute atomic E-state index is 0.0953. The van der Waals surface area contributed by atoms with Gasteiger partial charge in [-0.3, -0.25) is 24.1 Å². The molecule has 5 aliphatic rings. The van der Waals surface area contributed by atoms with E-state index in [1.165, 1.54) is 37.3 Å². The number of imide groups is 2. The zero-order chi connectivity index (χ0) is 36.6. The highest BCUT2D eigenvalue weighted by atomic mass is 35.5. The molecule has 0 aromatic heterocycles. The first-order chi connectivity index (χ1) is 25.0. The smallest absolute Gasteiger partial charge is 0.241 e. The van der Waals surface area contributed by atoms with Gasteiger partial charge in [-0.2, -0.15) is 0 Å². The van der Waals surface area contributed by atoms with Crippen LogP contribution in [-0.4, -0.2) is 69.3 Å². The Bertz CT molecular complexity index is 2050. The van der Waals surface area contributed by atoms with Crippen LogP contribution in [0, 0.1) is 34.9 Å². The zero-order valence-electron chi connectivity index (χ0n) is 28.8. The van der Waals surface area contributed by atoms with Crippen molar-refractivity contribution in [3.8, 4) is 17.2 Å². The third kappa shape index (κ3) is 4.94. The van der Waals surface area contributed by atoms with Crippen LogP contribution in [0.25, 0.3) is 0 Å². The molecule has 3 saturated heterocycles. The lowest BCUT2D eigenvalue weighted by molar-refractivity contribution is -0.131. The van der Waals surface area contributed by atoms with Crippen molar-refractivity contribution in [1.29, 1.82) is 0 Å². The molecule has 6 unspecified atom stereocenters. The van der Waals surface area contributed by atoms with Gasteiger partial charge in [-0.15, -0.1) is 0 Å². The summed E-state index contributed by atoms with van der Waals surface area (Å²) in [5.74, 6) is -6.25. The van der Waals surface area contributed by atoms with E-state index >= 15 is 0 Å². The number of hydrogen-bond acceptors (Lipinski definition) is 9. The van der Waals surface area contributed by atoms with E-state index in [1.54, 1.807) is 25.1 Å². The minimum atomic E-state index is -1.48. The number of allylic oxidation sites excluding steroid dienone is 2. The van der Waals surface area contributed by atoms with Crippen LogP contribution in [0.15, 0.2) is 66.2 Å². The number of carbonyl (C=O) groups excluding carboxylic acids is 4. The first-order valence-electron chi connectivity index (χ1n) is 17.3. The molecule has 0 radical (unpaired) electrons. The van der Waals surface area contributed by atoms with E-state index < -0.39 is 52.6 Å². The lowest BCUT2D eigenvalue weighted by Crippen LogP contribution is -2.49. The Labute approximate surface area is 304 Å². The predicted molar refractivity (Wildman–Crippen MR) is 189 cm³/mol. The van der Waals surface area contributed by atoms with Crippen molar-refractivity contribution >= 4 is 52.3 Å². The maximum Gasteiger partial charge on any atom is 0.241 e. The summed E-state index contributed by atoms with van der Waals surface area (Å²) in [5.41, 5.74) is 0.984. The molecule has 4 fully saturated rings. The topological polar surface area (TPSA) is 126 Å². The van der Waals surface area contributed by atoms with E-state index in [0.717, 1.165) is 29.7 Å². The lowest BCUT2D eigenvalue weighted by Gasteiger charge is -2.49. The predicted octanol–water partition coefficient (Wildman–Crippen LogP) is 5.47. The quantitative estimate of drug-likeness (QED) is 0.260. The second kappa shape index (κ2) is 12.6. The molecule has 270 valence electrons.